The minimum absolute atomic E-state index is 0.0536. The summed E-state index contributed by atoms with van der Waals surface area (Å²) in [6.45, 7) is -3.00. The minimum atomic E-state index is -3.00. The van der Waals surface area contributed by atoms with Gasteiger partial charge in [0.15, 0.2) is 17.3 Å². The van der Waals surface area contributed by atoms with Gasteiger partial charge in [0.05, 0.1) is 12.7 Å². The van der Waals surface area contributed by atoms with E-state index in [0.29, 0.717) is 11.6 Å². The first-order valence-electron chi connectivity index (χ1n) is 6.71. The van der Waals surface area contributed by atoms with Crippen molar-refractivity contribution >= 4 is 11.9 Å². The maximum Gasteiger partial charge on any atom is 0.387 e. The molecular formula is C17H12F4O3. The van der Waals surface area contributed by atoms with Crippen LogP contribution < -0.4 is 9.47 Å². The zero-order chi connectivity index (χ0) is 17.7. The number of benzene rings is 2. The molecule has 0 bridgehead atoms. The van der Waals surface area contributed by atoms with E-state index in [1.165, 1.54) is 31.4 Å². The van der Waals surface area contributed by atoms with E-state index in [4.69, 9.17) is 4.74 Å². The van der Waals surface area contributed by atoms with E-state index in [1.807, 2.05) is 0 Å². The highest BCUT2D eigenvalue weighted by Gasteiger charge is 2.12. The number of alkyl halides is 2. The molecule has 0 aliphatic rings. The van der Waals surface area contributed by atoms with Gasteiger partial charge in [-0.25, -0.2) is 8.78 Å². The van der Waals surface area contributed by atoms with E-state index >= 15 is 0 Å². The molecule has 0 aliphatic carbocycles. The van der Waals surface area contributed by atoms with E-state index in [2.05, 4.69) is 4.74 Å². The SMILES string of the molecule is COc1cc(/C=C/C(=O)c2ccc(F)cc2F)ccc1OC(F)F. The first-order valence-corrected chi connectivity index (χ1v) is 6.71. The molecule has 3 nitrogen and oxygen atoms in total. The van der Waals surface area contributed by atoms with Crippen LogP contribution in [0, 0.1) is 11.6 Å². The molecule has 0 heterocycles. The Bertz CT molecular complexity index is 772. The van der Waals surface area contributed by atoms with E-state index in [0.717, 1.165) is 18.2 Å². The van der Waals surface area contributed by atoms with Crippen LogP contribution in [0.25, 0.3) is 6.08 Å². The molecule has 2 rings (SSSR count). The molecule has 0 amide bonds. The predicted molar refractivity (Wildman–Crippen MR) is 79.3 cm³/mol. The van der Waals surface area contributed by atoms with Crippen molar-refractivity contribution in [2.24, 2.45) is 0 Å². The van der Waals surface area contributed by atoms with Crippen LogP contribution in [0.4, 0.5) is 17.6 Å². The first kappa shape index (κ1) is 17.5. The molecule has 0 spiro atoms. The van der Waals surface area contributed by atoms with E-state index < -0.39 is 24.0 Å². The number of ketones is 1. The molecule has 0 fully saturated rings. The number of carbonyl (C=O) groups is 1. The van der Waals surface area contributed by atoms with Crippen LogP contribution in [0.15, 0.2) is 42.5 Å². The van der Waals surface area contributed by atoms with Crippen molar-refractivity contribution in [2.75, 3.05) is 7.11 Å². The molecule has 0 atom stereocenters. The molecule has 0 saturated heterocycles. The number of rotatable bonds is 6. The lowest BCUT2D eigenvalue weighted by atomic mass is 10.1. The Balaban J connectivity index is 2.20. The van der Waals surface area contributed by atoms with Crippen LogP contribution >= 0.6 is 0 Å². The summed E-state index contributed by atoms with van der Waals surface area (Å²) in [6.07, 6.45) is 2.43. The van der Waals surface area contributed by atoms with Crippen molar-refractivity contribution in [1.29, 1.82) is 0 Å². The number of carbonyl (C=O) groups excluding carboxylic acids is 1. The second-order valence-electron chi connectivity index (χ2n) is 4.61. The Kier molecular flexibility index (Phi) is 5.57. The average molecular weight is 340 g/mol. The van der Waals surface area contributed by atoms with Crippen LogP contribution in [-0.2, 0) is 0 Å². The van der Waals surface area contributed by atoms with Crippen LogP contribution in [0.5, 0.6) is 11.5 Å². The molecule has 0 aliphatic heterocycles. The topological polar surface area (TPSA) is 35.5 Å². The average Bonchev–Trinajstić information content (AvgIpc) is 2.53. The van der Waals surface area contributed by atoms with Crippen molar-refractivity contribution in [3.05, 3.63) is 65.2 Å². The Morgan fingerprint density at radius 1 is 1.08 bits per heavy atom. The third-order valence-corrected chi connectivity index (χ3v) is 3.03. The Morgan fingerprint density at radius 3 is 2.46 bits per heavy atom. The van der Waals surface area contributed by atoms with Gasteiger partial charge in [0.2, 0.25) is 0 Å². The molecule has 0 radical (unpaired) electrons. The fraction of sp³-hybridized carbons (Fsp3) is 0.118. The van der Waals surface area contributed by atoms with Crippen LogP contribution in [0.1, 0.15) is 15.9 Å². The van der Waals surface area contributed by atoms with Gasteiger partial charge in [0.1, 0.15) is 11.6 Å². The van der Waals surface area contributed by atoms with Crippen molar-refractivity contribution in [2.45, 2.75) is 6.61 Å². The third-order valence-electron chi connectivity index (χ3n) is 3.03. The highest BCUT2D eigenvalue weighted by molar-refractivity contribution is 6.07. The number of hydrogen-bond acceptors (Lipinski definition) is 3. The van der Waals surface area contributed by atoms with Gasteiger partial charge in [0, 0.05) is 6.07 Å². The molecule has 24 heavy (non-hydrogen) atoms. The fourth-order valence-corrected chi connectivity index (χ4v) is 1.93. The van der Waals surface area contributed by atoms with Crippen LogP contribution in [-0.4, -0.2) is 19.5 Å². The summed E-state index contributed by atoms with van der Waals surface area (Å²) < 4.78 is 60.0. The van der Waals surface area contributed by atoms with Gasteiger partial charge >= 0.3 is 6.61 Å². The van der Waals surface area contributed by atoms with E-state index in [-0.39, 0.29) is 17.1 Å². The summed E-state index contributed by atoms with van der Waals surface area (Å²) in [5.74, 6) is -2.52. The van der Waals surface area contributed by atoms with Crippen molar-refractivity contribution < 1.29 is 31.8 Å². The Hall–Kier alpha value is -2.83. The molecule has 7 heteroatoms. The third kappa shape index (κ3) is 4.34. The van der Waals surface area contributed by atoms with Gasteiger partial charge in [0.25, 0.3) is 0 Å². The summed E-state index contributed by atoms with van der Waals surface area (Å²) >= 11 is 0. The van der Waals surface area contributed by atoms with Crippen LogP contribution in [0.3, 0.4) is 0 Å². The van der Waals surface area contributed by atoms with Crippen molar-refractivity contribution in [1.82, 2.24) is 0 Å². The molecule has 126 valence electrons. The molecule has 0 unspecified atom stereocenters. The number of allylic oxidation sites excluding steroid dienone is 1. The standard InChI is InChI=1S/C17H12F4O3/c1-23-16-8-10(3-7-15(16)24-17(20)21)2-6-14(22)12-5-4-11(18)9-13(12)19/h2-9,17H,1H3/b6-2+. The van der Waals surface area contributed by atoms with Gasteiger partial charge in [-0.05, 0) is 35.9 Å². The largest absolute Gasteiger partial charge is 0.493 e. The summed E-state index contributed by atoms with van der Waals surface area (Å²) in [5, 5.41) is 0. The van der Waals surface area contributed by atoms with Gasteiger partial charge in [-0.1, -0.05) is 12.1 Å². The maximum atomic E-state index is 13.5. The van der Waals surface area contributed by atoms with Gasteiger partial charge in [-0.3, -0.25) is 4.79 Å². The number of halogens is 4. The first-order chi connectivity index (χ1) is 11.4. The number of hydrogen-bond donors (Lipinski definition) is 0. The molecule has 2 aromatic carbocycles. The number of ether oxygens (including phenoxy) is 2. The highest BCUT2D eigenvalue weighted by atomic mass is 19.3. The van der Waals surface area contributed by atoms with Gasteiger partial charge in [-0.15, -0.1) is 0 Å². The molecule has 0 N–H and O–H groups in total. The minimum Gasteiger partial charge on any atom is -0.493 e. The summed E-state index contributed by atoms with van der Waals surface area (Å²) in [4.78, 5) is 11.9. The summed E-state index contributed by atoms with van der Waals surface area (Å²) in [6, 6.07) is 6.68. The maximum absolute atomic E-state index is 13.5. The Labute approximate surface area is 135 Å². The molecule has 0 aromatic heterocycles. The fourth-order valence-electron chi connectivity index (χ4n) is 1.93. The second kappa shape index (κ2) is 7.63. The van der Waals surface area contributed by atoms with E-state index in [9.17, 15) is 22.4 Å². The molecule has 0 saturated carbocycles. The Morgan fingerprint density at radius 2 is 1.83 bits per heavy atom. The van der Waals surface area contributed by atoms with Gasteiger partial charge in [-0.2, -0.15) is 8.78 Å². The zero-order valence-electron chi connectivity index (χ0n) is 12.4. The molecule has 2 aromatic rings. The smallest absolute Gasteiger partial charge is 0.387 e. The lowest BCUT2D eigenvalue weighted by molar-refractivity contribution is -0.0512. The van der Waals surface area contributed by atoms with Crippen molar-refractivity contribution in [3.63, 3.8) is 0 Å². The quantitative estimate of drug-likeness (QED) is 0.442. The second-order valence-corrected chi connectivity index (χ2v) is 4.61. The van der Waals surface area contributed by atoms with Gasteiger partial charge < -0.3 is 9.47 Å². The summed E-state index contributed by atoms with van der Waals surface area (Å²) in [7, 11) is 1.28. The predicted octanol–water partition coefficient (Wildman–Crippen LogP) is 4.47. The lowest BCUT2D eigenvalue weighted by Gasteiger charge is -2.10. The monoisotopic (exact) mass is 340 g/mol. The van der Waals surface area contributed by atoms with Crippen LogP contribution in [0.2, 0.25) is 0 Å². The highest BCUT2D eigenvalue weighted by Crippen LogP contribution is 2.29. The van der Waals surface area contributed by atoms with Crippen molar-refractivity contribution in [3.8, 4) is 11.5 Å². The summed E-state index contributed by atoms with van der Waals surface area (Å²) in [5.41, 5.74) is 0.168. The lowest BCUT2D eigenvalue weighted by Crippen LogP contribution is -2.03. The zero-order valence-corrected chi connectivity index (χ0v) is 12.4. The molecular weight excluding hydrogens is 328 g/mol. The normalized spacial score (nSPS) is 11.1. The number of methoxy groups -OCH3 is 1. The van der Waals surface area contributed by atoms with E-state index in [1.54, 1.807) is 0 Å².